The predicted octanol–water partition coefficient (Wildman–Crippen LogP) is 3.41. The standard InChI is InChI=1S/C10H8BrNO/c1-7-3-2-4-8(5-7)9-6-13-12-10(9)11/h2-6H,1H3. The Morgan fingerprint density at radius 1 is 1.38 bits per heavy atom. The van der Waals surface area contributed by atoms with E-state index in [1.165, 1.54) is 5.56 Å². The molecule has 0 aliphatic rings. The molecule has 0 amide bonds. The van der Waals surface area contributed by atoms with Crippen LogP contribution in [0.4, 0.5) is 0 Å². The average molecular weight is 238 g/mol. The van der Waals surface area contributed by atoms with E-state index >= 15 is 0 Å². The van der Waals surface area contributed by atoms with Crippen molar-refractivity contribution in [3.8, 4) is 11.1 Å². The molecule has 0 spiro atoms. The summed E-state index contributed by atoms with van der Waals surface area (Å²) < 4.78 is 5.59. The average Bonchev–Trinajstić information content (AvgIpc) is 2.51. The Kier molecular flexibility index (Phi) is 2.19. The third kappa shape index (κ3) is 1.65. The molecule has 0 radical (unpaired) electrons. The minimum atomic E-state index is 0.748. The zero-order valence-corrected chi connectivity index (χ0v) is 8.71. The molecule has 0 fully saturated rings. The summed E-state index contributed by atoms with van der Waals surface area (Å²) in [5, 5.41) is 3.76. The van der Waals surface area contributed by atoms with Gasteiger partial charge in [-0.3, -0.25) is 0 Å². The molecule has 0 saturated carbocycles. The molecule has 0 aliphatic carbocycles. The van der Waals surface area contributed by atoms with Gasteiger partial charge in [0.25, 0.3) is 0 Å². The van der Waals surface area contributed by atoms with E-state index in [4.69, 9.17) is 4.52 Å². The van der Waals surface area contributed by atoms with E-state index in [2.05, 4.69) is 40.1 Å². The van der Waals surface area contributed by atoms with E-state index in [-0.39, 0.29) is 0 Å². The number of aryl methyl sites for hydroxylation is 1. The van der Waals surface area contributed by atoms with Crippen LogP contribution in [0.5, 0.6) is 0 Å². The largest absolute Gasteiger partial charge is 0.363 e. The molecule has 13 heavy (non-hydrogen) atoms. The molecule has 3 heteroatoms. The molecule has 0 atom stereocenters. The number of benzene rings is 1. The molecule has 1 heterocycles. The van der Waals surface area contributed by atoms with Crippen LogP contribution in [-0.4, -0.2) is 5.16 Å². The fourth-order valence-electron chi connectivity index (χ4n) is 1.22. The number of aromatic nitrogens is 1. The van der Waals surface area contributed by atoms with Crippen molar-refractivity contribution in [2.75, 3.05) is 0 Å². The third-order valence-corrected chi connectivity index (χ3v) is 2.43. The summed E-state index contributed by atoms with van der Waals surface area (Å²) >= 11 is 3.32. The van der Waals surface area contributed by atoms with Gasteiger partial charge in [0, 0.05) is 0 Å². The SMILES string of the molecule is Cc1cccc(-c2conc2Br)c1. The number of rotatable bonds is 1. The number of hydrogen-bond acceptors (Lipinski definition) is 2. The summed E-state index contributed by atoms with van der Waals surface area (Å²) in [6.45, 7) is 2.06. The van der Waals surface area contributed by atoms with E-state index in [0.717, 1.165) is 15.7 Å². The Labute approximate surface area is 84.7 Å². The van der Waals surface area contributed by atoms with Crippen LogP contribution in [0.2, 0.25) is 0 Å². The Morgan fingerprint density at radius 2 is 2.23 bits per heavy atom. The number of hydrogen-bond donors (Lipinski definition) is 0. The lowest BCUT2D eigenvalue weighted by Crippen LogP contribution is -1.77. The van der Waals surface area contributed by atoms with Gasteiger partial charge < -0.3 is 4.52 Å². The molecular formula is C10H8BrNO. The molecule has 1 aromatic heterocycles. The van der Waals surface area contributed by atoms with Gasteiger partial charge in [0.15, 0.2) is 4.60 Å². The van der Waals surface area contributed by atoms with Gasteiger partial charge in [-0.2, -0.15) is 0 Å². The van der Waals surface area contributed by atoms with Gasteiger partial charge in [-0.15, -0.1) is 0 Å². The van der Waals surface area contributed by atoms with Gasteiger partial charge in [0.05, 0.1) is 5.56 Å². The third-order valence-electron chi connectivity index (χ3n) is 1.85. The van der Waals surface area contributed by atoms with Gasteiger partial charge in [0.1, 0.15) is 6.26 Å². The second-order valence-corrected chi connectivity index (χ2v) is 3.64. The summed E-state index contributed by atoms with van der Waals surface area (Å²) in [7, 11) is 0. The predicted molar refractivity (Wildman–Crippen MR) is 54.4 cm³/mol. The molecule has 66 valence electrons. The summed E-state index contributed by atoms with van der Waals surface area (Å²) in [5.41, 5.74) is 3.34. The van der Waals surface area contributed by atoms with Gasteiger partial charge in [-0.1, -0.05) is 35.0 Å². The summed E-state index contributed by atoms with van der Waals surface area (Å²) in [6, 6.07) is 8.20. The molecular weight excluding hydrogens is 230 g/mol. The van der Waals surface area contributed by atoms with Gasteiger partial charge in [-0.25, -0.2) is 0 Å². The second kappa shape index (κ2) is 3.34. The normalized spacial score (nSPS) is 10.3. The highest BCUT2D eigenvalue weighted by Gasteiger charge is 2.06. The van der Waals surface area contributed by atoms with Crippen LogP contribution in [0.15, 0.2) is 39.7 Å². The fourth-order valence-corrected chi connectivity index (χ4v) is 1.63. The number of halogens is 1. The molecule has 2 rings (SSSR count). The quantitative estimate of drug-likeness (QED) is 0.760. The maximum atomic E-state index is 4.84. The summed E-state index contributed by atoms with van der Waals surface area (Å²) in [6.07, 6.45) is 1.64. The number of nitrogens with zero attached hydrogens (tertiary/aromatic N) is 1. The molecule has 2 nitrogen and oxygen atoms in total. The van der Waals surface area contributed by atoms with E-state index < -0.39 is 0 Å². The fraction of sp³-hybridized carbons (Fsp3) is 0.100. The minimum absolute atomic E-state index is 0.748. The first-order valence-electron chi connectivity index (χ1n) is 3.94. The lowest BCUT2D eigenvalue weighted by Gasteiger charge is -1.97. The van der Waals surface area contributed by atoms with Crippen LogP contribution in [0.1, 0.15) is 5.56 Å². The topological polar surface area (TPSA) is 26.0 Å². The summed E-state index contributed by atoms with van der Waals surface area (Å²) in [4.78, 5) is 0. The molecule has 0 N–H and O–H groups in total. The second-order valence-electron chi connectivity index (χ2n) is 2.89. The van der Waals surface area contributed by atoms with Crippen molar-refractivity contribution in [3.63, 3.8) is 0 Å². The Balaban J connectivity index is 2.53. The molecule has 1 aromatic carbocycles. The maximum absolute atomic E-state index is 4.84. The highest BCUT2D eigenvalue weighted by Crippen LogP contribution is 2.27. The highest BCUT2D eigenvalue weighted by molar-refractivity contribution is 9.10. The Hall–Kier alpha value is -1.09. The lowest BCUT2D eigenvalue weighted by molar-refractivity contribution is 0.416. The first-order chi connectivity index (χ1) is 6.27. The smallest absolute Gasteiger partial charge is 0.157 e. The van der Waals surface area contributed by atoms with Crippen molar-refractivity contribution in [1.29, 1.82) is 0 Å². The van der Waals surface area contributed by atoms with Crippen LogP contribution in [-0.2, 0) is 0 Å². The van der Waals surface area contributed by atoms with Gasteiger partial charge >= 0.3 is 0 Å². The highest BCUT2D eigenvalue weighted by atomic mass is 79.9. The van der Waals surface area contributed by atoms with E-state index in [1.807, 2.05) is 12.1 Å². The zero-order chi connectivity index (χ0) is 9.26. The van der Waals surface area contributed by atoms with Crippen LogP contribution in [0, 0.1) is 6.92 Å². The van der Waals surface area contributed by atoms with Crippen molar-refractivity contribution < 1.29 is 4.52 Å². The molecule has 0 bridgehead atoms. The molecule has 0 unspecified atom stereocenters. The lowest BCUT2D eigenvalue weighted by atomic mass is 10.1. The molecule has 0 aliphatic heterocycles. The first-order valence-corrected chi connectivity index (χ1v) is 4.73. The van der Waals surface area contributed by atoms with Crippen LogP contribution < -0.4 is 0 Å². The van der Waals surface area contributed by atoms with E-state index in [0.29, 0.717) is 0 Å². The molecule has 2 aromatic rings. The zero-order valence-electron chi connectivity index (χ0n) is 7.12. The van der Waals surface area contributed by atoms with Crippen LogP contribution in [0.3, 0.4) is 0 Å². The molecule has 0 saturated heterocycles. The van der Waals surface area contributed by atoms with Crippen LogP contribution >= 0.6 is 15.9 Å². The van der Waals surface area contributed by atoms with Crippen molar-refractivity contribution in [2.45, 2.75) is 6.92 Å². The minimum Gasteiger partial charge on any atom is -0.363 e. The van der Waals surface area contributed by atoms with Crippen molar-refractivity contribution in [1.82, 2.24) is 5.16 Å². The van der Waals surface area contributed by atoms with Crippen molar-refractivity contribution in [2.24, 2.45) is 0 Å². The first kappa shape index (κ1) is 8.51. The van der Waals surface area contributed by atoms with Crippen molar-refractivity contribution >= 4 is 15.9 Å². The van der Waals surface area contributed by atoms with Crippen LogP contribution in [0.25, 0.3) is 11.1 Å². The maximum Gasteiger partial charge on any atom is 0.157 e. The van der Waals surface area contributed by atoms with Crippen molar-refractivity contribution in [3.05, 3.63) is 40.7 Å². The van der Waals surface area contributed by atoms with Gasteiger partial charge in [0.2, 0.25) is 0 Å². The summed E-state index contributed by atoms with van der Waals surface area (Å²) in [5.74, 6) is 0. The van der Waals surface area contributed by atoms with E-state index in [9.17, 15) is 0 Å². The van der Waals surface area contributed by atoms with E-state index in [1.54, 1.807) is 6.26 Å². The Bertz CT molecular complexity index is 422. The van der Waals surface area contributed by atoms with Gasteiger partial charge in [-0.05, 0) is 28.4 Å². The monoisotopic (exact) mass is 237 g/mol. The Morgan fingerprint density at radius 3 is 2.85 bits per heavy atom.